The highest BCUT2D eigenvalue weighted by Crippen LogP contribution is 2.30. The van der Waals surface area contributed by atoms with Crippen LogP contribution in [0.5, 0.6) is 0 Å². The van der Waals surface area contributed by atoms with Crippen LogP contribution in [0, 0.1) is 18.3 Å². The maximum Gasteiger partial charge on any atom is 0.102 e. The van der Waals surface area contributed by atoms with Crippen molar-refractivity contribution in [3.8, 4) is 17.2 Å². The van der Waals surface area contributed by atoms with E-state index in [1.165, 1.54) is 0 Å². The van der Waals surface area contributed by atoms with Crippen molar-refractivity contribution in [3.63, 3.8) is 0 Å². The number of nitrogens with two attached hydrogens (primary N) is 1. The lowest BCUT2D eigenvalue weighted by molar-refractivity contribution is 1.04. The first-order valence-electron chi connectivity index (χ1n) is 5.64. The summed E-state index contributed by atoms with van der Waals surface area (Å²) in [5.74, 6) is 0. The van der Waals surface area contributed by atoms with E-state index in [1.807, 2.05) is 38.1 Å². The second-order valence-electron chi connectivity index (χ2n) is 4.07. The van der Waals surface area contributed by atoms with Gasteiger partial charge in [0.2, 0.25) is 0 Å². The molecule has 0 amide bonds. The van der Waals surface area contributed by atoms with Crippen molar-refractivity contribution in [2.45, 2.75) is 20.3 Å². The van der Waals surface area contributed by atoms with Crippen LogP contribution in [0.25, 0.3) is 11.1 Å². The molecule has 1 aromatic carbocycles. The molecule has 0 radical (unpaired) electrons. The number of aromatic amines is 1. The highest BCUT2D eigenvalue weighted by Gasteiger charge is 2.14. The minimum Gasteiger partial charge on any atom is -0.399 e. The fourth-order valence-corrected chi connectivity index (χ4v) is 2.09. The van der Waals surface area contributed by atoms with Crippen LogP contribution in [0.3, 0.4) is 0 Å². The first-order chi connectivity index (χ1) is 8.17. The van der Waals surface area contributed by atoms with Gasteiger partial charge in [-0.05, 0) is 31.0 Å². The number of hydrogen-bond donors (Lipinski definition) is 2. The molecular formula is C14H15N3. The average Bonchev–Trinajstić information content (AvgIpc) is 2.66. The van der Waals surface area contributed by atoms with E-state index in [-0.39, 0.29) is 0 Å². The zero-order chi connectivity index (χ0) is 12.4. The second-order valence-corrected chi connectivity index (χ2v) is 4.07. The highest BCUT2D eigenvalue weighted by molar-refractivity contribution is 5.75. The van der Waals surface area contributed by atoms with Crippen molar-refractivity contribution in [1.82, 2.24) is 4.98 Å². The smallest absolute Gasteiger partial charge is 0.102 e. The van der Waals surface area contributed by atoms with E-state index in [0.29, 0.717) is 0 Å². The van der Waals surface area contributed by atoms with Crippen LogP contribution >= 0.6 is 0 Å². The van der Waals surface area contributed by atoms with E-state index in [9.17, 15) is 5.26 Å². The summed E-state index contributed by atoms with van der Waals surface area (Å²) in [6, 6.07) is 9.90. The summed E-state index contributed by atoms with van der Waals surface area (Å²) in [5.41, 5.74) is 11.2. The molecule has 0 aliphatic heterocycles. The molecule has 0 unspecified atom stereocenters. The Labute approximate surface area is 101 Å². The number of benzene rings is 1. The van der Waals surface area contributed by atoms with Crippen molar-refractivity contribution < 1.29 is 0 Å². The lowest BCUT2D eigenvalue weighted by Gasteiger charge is -2.02. The minimum atomic E-state index is 0.733. The number of nitrogens with zero attached hydrogens (tertiary/aromatic N) is 1. The molecule has 3 heteroatoms. The van der Waals surface area contributed by atoms with Gasteiger partial charge >= 0.3 is 0 Å². The molecule has 0 fully saturated rings. The molecular weight excluding hydrogens is 210 g/mol. The molecule has 3 nitrogen and oxygen atoms in total. The van der Waals surface area contributed by atoms with E-state index in [1.54, 1.807) is 0 Å². The van der Waals surface area contributed by atoms with E-state index in [2.05, 4.69) is 11.1 Å². The Balaban J connectivity index is 2.63. The zero-order valence-corrected chi connectivity index (χ0v) is 10.0. The summed E-state index contributed by atoms with van der Waals surface area (Å²) in [6.07, 6.45) is 0.832. The normalized spacial score (nSPS) is 10.2. The number of anilines is 1. The quantitative estimate of drug-likeness (QED) is 0.771. The number of aromatic nitrogens is 1. The molecule has 0 saturated carbocycles. The van der Waals surface area contributed by atoms with Crippen molar-refractivity contribution in [2.24, 2.45) is 0 Å². The molecule has 86 valence electrons. The largest absolute Gasteiger partial charge is 0.399 e. The first-order valence-corrected chi connectivity index (χ1v) is 5.64. The van der Waals surface area contributed by atoms with Crippen LogP contribution in [0.4, 0.5) is 5.69 Å². The van der Waals surface area contributed by atoms with Gasteiger partial charge < -0.3 is 10.7 Å². The Morgan fingerprint density at radius 3 is 2.47 bits per heavy atom. The summed E-state index contributed by atoms with van der Waals surface area (Å²) in [6.45, 7) is 4.03. The van der Waals surface area contributed by atoms with Crippen molar-refractivity contribution in [1.29, 1.82) is 5.26 Å². The third-order valence-corrected chi connectivity index (χ3v) is 2.93. The Morgan fingerprint density at radius 2 is 1.94 bits per heavy atom. The number of rotatable bonds is 2. The topological polar surface area (TPSA) is 65.6 Å². The van der Waals surface area contributed by atoms with Gasteiger partial charge in [-0.2, -0.15) is 5.26 Å². The number of hydrogen-bond acceptors (Lipinski definition) is 2. The van der Waals surface area contributed by atoms with Crippen molar-refractivity contribution in [3.05, 3.63) is 41.2 Å². The standard InChI is InChI=1S/C14H15N3/c1-3-13-12(8-15)14(9(2)17-13)10-4-6-11(16)7-5-10/h4-7,17H,3,16H2,1-2H3. The molecule has 1 heterocycles. The molecule has 17 heavy (non-hydrogen) atoms. The van der Waals surface area contributed by atoms with Gasteiger partial charge in [-0.25, -0.2) is 0 Å². The number of aryl methyl sites for hydroxylation is 2. The minimum absolute atomic E-state index is 0.733. The van der Waals surface area contributed by atoms with E-state index in [0.717, 1.165) is 40.2 Å². The van der Waals surface area contributed by atoms with E-state index >= 15 is 0 Å². The first kappa shape index (κ1) is 11.3. The molecule has 1 aromatic heterocycles. The maximum absolute atomic E-state index is 9.26. The second kappa shape index (κ2) is 4.34. The van der Waals surface area contributed by atoms with E-state index < -0.39 is 0 Å². The van der Waals surface area contributed by atoms with Crippen molar-refractivity contribution >= 4 is 5.69 Å². The fourth-order valence-electron chi connectivity index (χ4n) is 2.09. The SMILES string of the molecule is CCc1[nH]c(C)c(-c2ccc(N)cc2)c1C#N. The van der Waals surface area contributed by atoms with Gasteiger partial charge in [0.05, 0.1) is 5.56 Å². The lowest BCUT2D eigenvalue weighted by Crippen LogP contribution is -1.87. The van der Waals surface area contributed by atoms with Gasteiger partial charge in [0.15, 0.2) is 0 Å². The number of H-pyrrole nitrogens is 1. The Morgan fingerprint density at radius 1 is 1.29 bits per heavy atom. The van der Waals surface area contributed by atoms with Gasteiger partial charge in [-0.3, -0.25) is 0 Å². The van der Waals surface area contributed by atoms with Crippen LogP contribution < -0.4 is 5.73 Å². The molecule has 0 aliphatic carbocycles. The molecule has 2 aromatic rings. The van der Waals surface area contributed by atoms with Crippen molar-refractivity contribution in [2.75, 3.05) is 5.73 Å². The van der Waals surface area contributed by atoms with Crippen LogP contribution in [-0.2, 0) is 6.42 Å². The molecule has 0 bridgehead atoms. The van der Waals surface area contributed by atoms with Crippen LogP contribution in [0.15, 0.2) is 24.3 Å². The van der Waals surface area contributed by atoms with Gasteiger partial charge in [0, 0.05) is 22.6 Å². The molecule has 0 spiro atoms. The third kappa shape index (κ3) is 1.90. The molecule has 0 saturated heterocycles. The predicted molar refractivity (Wildman–Crippen MR) is 69.5 cm³/mol. The fraction of sp³-hybridized carbons (Fsp3) is 0.214. The third-order valence-electron chi connectivity index (χ3n) is 2.93. The zero-order valence-electron chi connectivity index (χ0n) is 10.0. The summed E-state index contributed by atoms with van der Waals surface area (Å²) in [7, 11) is 0. The Kier molecular flexibility index (Phi) is 2.88. The maximum atomic E-state index is 9.26. The Hall–Kier alpha value is -2.21. The summed E-state index contributed by atoms with van der Waals surface area (Å²) < 4.78 is 0. The summed E-state index contributed by atoms with van der Waals surface area (Å²) >= 11 is 0. The Bertz CT molecular complexity index is 571. The number of nitrogens with one attached hydrogen (secondary N) is 1. The van der Waals surface area contributed by atoms with Gasteiger partial charge in [-0.15, -0.1) is 0 Å². The average molecular weight is 225 g/mol. The molecule has 3 N–H and O–H groups in total. The monoisotopic (exact) mass is 225 g/mol. The molecule has 2 rings (SSSR count). The molecule has 0 aliphatic rings. The van der Waals surface area contributed by atoms with Crippen LogP contribution in [0.2, 0.25) is 0 Å². The van der Waals surface area contributed by atoms with E-state index in [4.69, 9.17) is 5.73 Å². The molecule has 0 atom stereocenters. The van der Waals surface area contributed by atoms with Crippen LogP contribution in [-0.4, -0.2) is 4.98 Å². The van der Waals surface area contributed by atoms with Gasteiger partial charge in [0.25, 0.3) is 0 Å². The number of nitriles is 1. The number of nitrogen functional groups attached to an aromatic ring is 1. The summed E-state index contributed by atoms with van der Waals surface area (Å²) in [4.78, 5) is 3.27. The summed E-state index contributed by atoms with van der Waals surface area (Å²) in [5, 5.41) is 9.26. The van der Waals surface area contributed by atoms with Gasteiger partial charge in [0.1, 0.15) is 6.07 Å². The lowest BCUT2D eigenvalue weighted by atomic mass is 10.0. The predicted octanol–water partition coefficient (Wildman–Crippen LogP) is 3.01. The highest BCUT2D eigenvalue weighted by atomic mass is 14.7. The van der Waals surface area contributed by atoms with Crippen LogP contribution in [0.1, 0.15) is 23.9 Å². The van der Waals surface area contributed by atoms with Gasteiger partial charge in [-0.1, -0.05) is 19.1 Å².